The summed E-state index contributed by atoms with van der Waals surface area (Å²) in [5.74, 6) is 1.67. The first-order chi connectivity index (χ1) is 18.6. The number of aromatic amines is 1. The van der Waals surface area contributed by atoms with Crippen molar-refractivity contribution in [3.63, 3.8) is 0 Å². The lowest BCUT2D eigenvalue weighted by Crippen LogP contribution is -2.12. The van der Waals surface area contributed by atoms with Crippen molar-refractivity contribution in [2.45, 2.75) is 71.4 Å². The van der Waals surface area contributed by atoms with Crippen LogP contribution in [0.2, 0.25) is 0 Å². The second kappa shape index (κ2) is 10.1. The number of nitrogens with zero attached hydrogens (tertiary/aromatic N) is 6. The molecule has 1 aliphatic carbocycles. The van der Waals surface area contributed by atoms with E-state index in [9.17, 15) is 5.11 Å². The number of rotatable bonds is 8. The molecule has 0 aliphatic heterocycles. The number of imidazole rings is 1. The standard InChI is InChI=1S/C30H33N7O/c1-4-22(38)13-12-21-16-18(3)28-30(31-21)37(27(5-2)32-28)26-15-11-20-17-19(10-14-24(20)26)23-8-6-7-9-25(23)29-33-35-36-34-29/h6-10,14,16-17,22,26,38H,4-5,11-13,15H2,1-3H3,(H,33,34,35,36)/t22-,26-/m0/s1. The number of benzene rings is 2. The monoisotopic (exact) mass is 507 g/mol. The van der Waals surface area contributed by atoms with E-state index in [1.165, 1.54) is 11.1 Å². The van der Waals surface area contributed by atoms with Crippen molar-refractivity contribution in [1.82, 2.24) is 35.2 Å². The van der Waals surface area contributed by atoms with E-state index >= 15 is 0 Å². The van der Waals surface area contributed by atoms with Crippen molar-refractivity contribution in [3.8, 4) is 22.5 Å². The van der Waals surface area contributed by atoms with Gasteiger partial charge >= 0.3 is 0 Å². The van der Waals surface area contributed by atoms with Crippen LogP contribution < -0.4 is 0 Å². The molecule has 2 atom stereocenters. The third kappa shape index (κ3) is 4.28. The third-order valence-electron chi connectivity index (χ3n) is 7.81. The summed E-state index contributed by atoms with van der Waals surface area (Å²) in [6.45, 7) is 6.30. The van der Waals surface area contributed by atoms with Crippen LogP contribution in [0.15, 0.2) is 48.5 Å². The molecule has 1 aliphatic rings. The van der Waals surface area contributed by atoms with E-state index in [1.54, 1.807) is 0 Å². The van der Waals surface area contributed by atoms with Crippen LogP contribution in [0, 0.1) is 6.92 Å². The Bertz CT molecular complexity index is 1590. The van der Waals surface area contributed by atoms with Gasteiger partial charge in [0.1, 0.15) is 11.3 Å². The predicted molar refractivity (Wildman–Crippen MR) is 148 cm³/mol. The molecule has 8 nitrogen and oxygen atoms in total. The summed E-state index contributed by atoms with van der Waals surface area (Å²) in [6.07, 6.45) is 4.84. The number of pyridine rings is 1. The maximum absolute atomic E-state index is 10.1. The smallest absolute Gasteiger partial charge is 0.205 e. The zero-order valence-corrected chi connectivity index (χ0v) is 22.1. The molecule has 3 heterocycles. The lowest BCUT2D eigenvalue weighted by atomic mass is 9.96. The summed E-state index contributed by atoms with van der Waals surface area (Å²) in [6, 6.07) is 17.3. The lowest BCUT2D eigenvalue weighted by molar-refractivity contribution is 0.160. The van der Waals surface area contributed by atoms with E-state index in [-0.39, 0.29) is 12.1 Å². The number of aromatic nitrogens is 7. The van der Waals surface area contributed by atoms with Gasteiger partial charge in [-0.2, -0.15) is 5.21 Å². The first-order valence-electron chi connectivity index (χ1n) is 13.6. The summed E-state index contributed by atoms with van der Waals surface area (Å²) < 4.78 is 2.38. The molecule has 0 radical (unpaired) electrons. The SMILES string of the molecule is CCc1nc2c(C)cc(CC[C@@H](O)CC)nc2n1[C@H]1CCc2cc(-c3ccccc3-c3nn[nH]n3)ccc21. The summed E-state index contributed by atoms with van der Waals surface area (Å²) in [7, 11) is 0. The molecule has 0 saturated heterocycles. The Morgan fingerprint density at radius 1 is 1.08 bits per heavy atom. The fourth-order valence-corrected chi connectivity index (χ4v) is 5.79. The van der Waals surface area contributed by atoms with Gasteiger partial charge in [-0.05, 0) is 78.1 Å². The van der Waals surface area contributed by atoms with E-state index in [0.717, 1.165) is 83.5 Å². The first-order valence-corrected chi connectivity index (χ1v) is 13.6. The molecule has 3 aromatic heterocycles. The summed E-state index contributed by atoms with van der Waals surface area (Å²) in [4.78, 5) is 10.1. The Morgan fingerprint density at radius 3 is 2.68 bits per heavy atom. The molecular formula is C30H33N7O. The number of nitrogens with one attached hydrogen (secondary N) is 1. The Labute approximate surface area is 222 Å². The maximum Gasteiger partial charge on any atom is 0.205 e. The molecule has 6 rings (SSSR count). The van der Waals surface area contributed by atoms with Crippen LogP contribution >= 0.6 is 0 Å². The Morgan fingerprint density at radius 2 is 1.92 bits per heavy atom. The van der Waals surface area contributed by atoms with E-state index in [4.69, 9.17) is 9.97 Å². The normalized spacial score (nSPS) is 15.7. The van der Waals surface area contributed by atoms with Crippen LogP contribution in [0.25, 0.3) is 33.7 Å². The quantitative estimate of drug-likeness (QED) is 0.292. The Hall–Kier alpha value is -3.91. The molecule has 0 spiro atoms. The van der Waals surface area contributed by atoms with Gasteiger partial charge in [0.25, 0.3) is 0 Å². The summed E-state index contributed by atoms with van der Waals surface area (Å²) in [5.41, 5.74) is 10.0. The largest absolute Gasteiger partial charge is 0.393 e. The highest BCUT2D eigenvalue weighted by molar-refractivity contribution is 5.81. The van der Waals surface area contributed by atoms with Crippen molar-refractivity contribution in [2.75, 3.05) is 0 Å². The predicted octanol–water partition coefficient (Wildman–Crippen LogP) is 5.39. The first kappa shape index (κ1) is 24.4. The van der Waals surface area contributed by atoms with Gasteiger partial charge in [-0.25, -0.2) is 9.97 Å². The van der Waals surface area contributed by atoms with Crippen LogP contribution in [-0.4, -0.2) is 46.4 Å². The topological polar surface area (TPSA) is 105 Å². The molecule has 0 unspecified atom stereocenters. The van der Waals surface area contributed by atoms with Crippen LogP contribution in [0.3, 0.4) is 0 Å². The van der Waals surface area contributed by atoms with Crippen molar-refractivity contribution >= 4 is 11.2 Å². The minimum Gasteiger partial charge on any atom is -0.393 e. The highest BCUT2D eigenvalue weighted by Crippen LogP contribution is 2.40. The van der Waals surface area contributed by atoms with Crippen molar-refractivity contribution in [1.29, 1.82) is 0 Å². The van der Waals surface area contributed by atoms with E-state index in [0.29, 0.717) is 5.82 Å². The van der Waals surface area contributed by atoms with Gasteiger partial charge in [-0.1, -0.05) is 56.3 Å². The number of H-pyrrole nitrogens is 1. The zero-order chi connectivity index (χ0) is 26.2. The number of hydrogen-bond donors (Lipinski definition) is 2. The molecule has 0 saturated carbocycles. The number of aliphatic hydroxyl groups is 1. The number of aryl methyl sites for hydroxylation is 4. The Balaban J connectivity index is 1.40. The van der Waals surface area contributed by atoms with E-state index in [1.807, 2.05) is 25.1 Å². The molecule has 0 amide bonds. The fourth-order valence-electron chi connectivity index (χ4n) is 5.79. The molecule has 8 heteroatoms. The van der Waals surface area contributed by atoms with Crippen LogP contribution in [0.5, 0.6) is 0 Å². The fraction of sp³-hybridized carbons (Fsp3) is 0.367. The molecule has 38 heavy (non-hydrogen) atoms. The van der Waals surface area contributed by atoms with Gasteiger partial charge in [0.05, 0.1) is 12.1 Å². The van der Waals surface area contributed by atoms with Gasteiger partial charge in [0, 0.05) is 17.7 Å². The number of aliphatic hydroxyl groups excluding tert-OH is 1. The molecular weight excluding hydrogens is 474 g/mol. The molecule has 2 N–H and O–H groups in total. The molecule has 0 fully saturated rings. The average Bonchev–Trinajstić information content (AvgIpc) is 3.70. The van der Waals surface area contributed by atoms with Crippen molar-refractivity contribution in [2.24, 2.45) is 0 Å². The van der Waals surface area contributed by atoms with Crippen LogP contribution in [-0.2, 0) is 19.3 Å². The number of fused-ring (bicyclic) bond motifs is 2. The van der Waals surface area contributed by atoms with Gasteiger partial charge in [0.15, 0.2) is 5.65 Å². The van der Waals surface area contributed by atoms with Gasteiger partial charge in [0.2, 0.25) is 5.82 Å². The lowest BCUT2D eigenvalue weighted by Gasteiger charge is -2.18. The zero-order valence-electron chi connectivity index (χ0n) is 22.1. The Kier molecular flexibility index (Phi) is 6.49. The second-order valence-corrected chi connectivity index (χ2v) is 10.2. The molecule has 5 aromatic rings. The highest BCUT2D eigenvalue weighted by Gasteiger charge is 2.29. The molecule has 0 bridgehead atoms. The van der Waals surface area contributed by atoms with Gasteiger partial charge in [-0.15, -0.1) is 10.2 Å². The number of hydrogen-bond acceptors (Lipinski definition) is 6. The summed E-state index contributed by atoms with van der Waals surface area (Å²) >= 11 is 0. The molecule has 2 aromatic carbocycles. The van der Waals surface area contributed by atoms with E-state index < -0.39 is 0 Å². The minimum atomic E-state index is -0.287. The minimum absolute atomic E-state index is 0.204. The van der Waals surface area contributed by atoms with Gasteiger partial charge in [-0.3, -0.25) is 0 Å². The van der Waals surface area contributed by atoms with E-state index in [2.05, 4.69) is 69.4 Å². The average molecular weight is 508 g/mol. The van der Waals surface area contributed by atoms with Crippen LogP contribution in [0.4, 0.5) is 0 Å². The second-order valence-electron chi connectivity index (χ2n) is 10.2. The third-order valence-corrected chi connectivity index (χ3v) is 7.81. The maximum atomic E-state index is 10.1. The van der Waals surface area contributed by atoms with Crippen molar-refractivity contribution in [3.05, 3.63) is 76.7 Å². The number of tetrazole rings is 1. The summed E-state index contributed by atoms with van der Waals surface area (Å²) in [5, 5.41) is 24.8. The van der Waals surface area contributed by atoms with Gasteiger partial charge < -0.3 is 9.67 Å². The van der Waals surface area contributed by atoms with Crippen LogP contribution in [0.1, 0.15) is 67.4 Å². The highest BCUT2D eigenvalue weighted by atomic mass is 16.3. The molecule has 194 valence electrons. The van der Waals surface area contributed by atoms with Crippen molar-refractivity contribution < 1.29 is 5.11 Å².